The summed E-state index contributed by atoms with van der Waals surface area (Å²) in [6, 6.07) is 8.05. The fourth-order valence-corrected chi connectivity index (χ4v) is 7.17. The number of likely N-dealkylation sites (N-methyl/N-ethyl adjacent to an activating group) is 2. The summed E-state index contributed by atoms with van der Waals surface area (Å²) in [5.41, 5.74) is 0.456. The Hall–Kier alpha value is -3.35. The van der Waals surface area contributed by atoms with Gasteiger partial charge < -0.3 is 25.7 Å². The summed E-state index contributed by atoms with van der Waals surface area (Å²) >= 11 is 1.17. The lowest BCUT2D eigenvalue weighted by molar-refractivity contribution is -0.142. The third-order valence-corrected chi connectivity index (χ3v) is 11.0. The summed E-state index contributed by atoms with van der Waals surface area (Å²) in [6.45, 7) is 12.3. The van der Waals surface area contributed by atoms with Gasteiger partial charge in [0.1, 0.15) is 22.8 Å². The van der Waals surface area contributed by atoms with Crippen molar-refractivity contribution in [3.63, 3.8) is 0 Å². The van der Waals surface area contributed by atoms with E-state index < -0.39 is 41.5 Å². The van der Waals surface area contributed by atoms with E-state index in [4.69, 9.17) is 0 Å². The van der Waals surface area contributed by atoms with Gasteiger partial charge in [0.2, 0.25) is 11.8 Å². The first-order chi connectivity index (χ1) is 22.6. The molecule has 0 radical (unpaired) electrons. The highest BCUT2D eigenvalue weighted by Crippen LogP contribution is 2.30. The number of aliphatic hydroxyl groups excluding tert-OH is 1. The summed E-state index contributed by atoms with van der Waals surface area (Å²) in [6.07, 6.45) is 2.24. The summed E-state index contributed by atoms with van der Waals surface area (Å²) < 4.78 is 0. The summed E-state index contributed by atoms with van der Waals surface area (Å²) in [7, 11) is 3.65. The highest BCUT2D eigenvalue weighted by atomic mass is 32.1. The van der Waals surface area contributed by atoms with Crippen molar-refractivity contribution >= 4 is 35.0 Å². The van der Waals surface area contributed by atoms with Gasteiger partial charge in [-0.15, -0.1) is 11.3 Å². The fraction of sp³-hybridized carbons (Fsp3) is 0.639. The first kappa shape index (κ1) is 39.1. The Morgan fingerprint density at radius 1 is 1.08 bits per heavy atom. The zero-order valence-electron chi connectivity index (χ0n) is 29.7. The Balaban J connectivity index is 1.72. The smallest absolute Gasteiger partial charge is 0.306 e. The van der Waals surface area contributed by atoms with Gasteiger partial charge in [0.25, 0.3) is 5.91 Å². The van der Waals surface area contributed by atoms with Crippen LogP contribution in [0.2, 0.25) is 0 Å². The maximum absolute atomic E-state index is 14.0. The number of carbonyl (C=O) groups excluding carboxylic acids is 3. The minimum atomic E-state index is -1.03. The summed E-state index contributed by atoms with van der Waals surface area (Å²) in [5.74, 6) is -2.48. The number of carboxylic acids is 1. The molecule has 266 valence electrons. The minimum absolute atomic E-state index is 0.0157. The van der Waals surface area contributed by atoms with Crippen molar-refractivity contribution in [3.05, 3.63) is 52.0 Å². The van der Waals surface area contributed by atoms with E-state index in [0.29, 0.717) is 17.8 Å². The Bertz CT molecular complexity index is 1390. The molecule has 1 saturated heterocycles. The minimum Gasteiger partial charge on any atom is -0.481 e. The van der Waals surface area contributed by atoms with Crippen molar-refractivity contribution in [2.75, 3.05) is 20.6 Å². The van der Waals surface area contributed by atoms with Crippen molar-refractivity contribution in [1.29, 1.82) is 0 Å². The van der Waals surface area contributed by atoms with Crippen molar-refractivity contribution in [1.82, 2.24) is 25.4 Å². The van der Waals surface area contributed by atoms with Crippen molar-refractivity contribution in [2.45, 2.75) is 110 Å². The Kier molecular flexibility index (Phi) is 14.1. The van der Waals surface area contributed by atoms with E-state index in [1.54, 1.807) is 24.3 Å². The zero-order chi connectivity index (χ0) is 35.8. The maximum atomic E-state index is 14.0. The molecule has 48 heavy (non-hydrogen) atoms. The molecule has 11 nitrogen and oxygen atoms in total. The monoisotopic (exact) mass is 685 g/mol. The molecule has 2 heterocycles. The number of benzene rings is 1. The van der Waals surface area contributed by atoms with Crippen LogP contribution in [0.3, 0.4) is 0 Å². The van der Waals surface area contributed by atoms with E-state index in [1.807, 2.05) is 76.9 Å². The van der Waals surface area contributed by atoms with Gasteiger partial charge in [-0.05, 0) is 63.6 Å². The normalized spacial score (nSPS) is 20.4. The molecule has 1 aliphatic heterocycles. The summed E-state index contributed by atoms with van der Waals surface area (Å²) in [5, 5.41) is 28.8. The SMILES string of the molecule is CCC(C)[C@H](NC(=O)[C@@]1(C)CCCN1C)C(=O)N(C)[C@H](C[C@@H](O)c1nc(C(=O)N[C@@H](Cc2ccccc2)C[C@H](C)C(=O)O)cs1)C(C)C. The molecule has 3 rings (SSSR count). The first-order valence-corrected chi connectivity index (χ1v) is 18.0. The number of carboxylic acid groups (broad SMARTS) is 1. The van der Waals surface area contributed by atoms with Crippen LogP contribution < -0.4 is 10.6 Å². The molecule has 1 aromatic heterocycles. The predicted octanol–water partition coefficient (Wildman–Crippen LogP) is 4.52. The lowest BCUT2D eigenvalue weighted by atomic mass is 9.91. The first-order valence-electron chi connectivity index (χ1n) is 17.1. The Morgan fingerprint density at radius 3 is 2.31 bits per heavy atom. The lowest BCUT2D eigenvalue weighted by Crippen LogP contribution is -2.60. The predicted molar refractivity (Wildman–Crippen MR) is 188 cm³/mol. The molecule has 4 N–H and O–H groups in total. The van der Waals surface area contributed by atoms with Crippen molar-refractivity contribution < 1.29 is 29.4 Å². The van der Waals surface area contributed by atoms with Gasteiger partial charge in [0.15, 0.2) is 0 Å². The van der Waals surface area contributed by atoms with Gasteiger partial charge in [-0.25, -0.2) is 4.98 Å². The summed E-state index contributed by atoms with van der Waals surface area (Å²) in [4.78, 5) is 60.4. The molecular formula is C36H55N5O6S. The number of rotatable bonds is 17. The molecule has 0 saturated carbocycles. The van der Waals surface area contributed by atoms with Crippen molar-refractivity contribution in [2.24, 2.45) is 17.8 Å². The van der Waals surface area contributed by atoms with Gasteiger partial charge in [-0.2, -0.15) is 0 Å². The number of aromatic nitrogens is 1. The molecule has 0 spiro atoms. The van der Waals surface area contributed by atoms with Gasteiger partial charge in [-0.3, -0.25) is 24.1 Å². The lowest BCUT2D eigenvalue weighted by Gasteiger charge is -2.38. The topological polar surface area (TPSA) is 152 Å². The van der Waals surface area contributed by atoms with Crippen LogP contribution in [0.4, 0.5) is 0 Å². The van der Waals surface area contributed by atoms with E-state index in [-0.39, 0.29) is 48.2 Å². The second-order valence-electron chi connectivity index (χ2n) is 14.1. The van der Waals surface area contributed by atoms with E-state index in [9.17, 15) is 29.4 Å². The second kappa shape index (κ2) is 17.3. The van der Waals surface area contributed by atoms with E-state index in [0.717, 1.165) is 24.9 Å². The van der Waals surface area contributed by atoms with Crippen molar-refractivity contribution in [3.8, 4) is 0 Å². The van der Waals surface area contributed by atoms with Crippen LogP contribution in [-0.4, -0.2) is 93.0 Å². The zero-order valence-corrected chi connectivity index (χ0v) is 30.5. The number of likely N-dealkylation sites (tertiary alicyclic amines) is 1. The number of thiazole rings is 1. The molecule has 1 aromatic carbocycles. The highest BCUT2D eigenvalue weighted by molar-refractivity contribution is 7.09. The number of hydrogen-bond donors (Lipinski definition) is 4. The van der Waals surface area contributed by atoms with Gasteiger partial charge in [0, 0.05) is 30.9 Å². The number of carbonyl (C=O) groups is 4. The molecule has 1 fully saturated rings. The Labute approximate surface area is 289 Å². The van der Waals surface area contributed by atoms with Gasteiger partial charge in [0.05, 0.1) is 11.5 Å². The highest BCUT2D eigenvalue weighted by Gasteiger charge is 2.43. The van der Waals surface area contributed by atoms with Gasteiger partial charge >= 0.3 is 5.97 Å². The average Bonchev–Trinajstić information content (AvgIpc) is 3.69. The third-order valence-electron chi connectivity index (χ3n) is 10.1. The number of amides is 3. The van der Waals surface area contributed by atoms with Crippen LogP contribution >= 0.6 is 11.3 Å². The molecule has 7 atom stereocenters. The number of nitrogens with one attached hydrogen (secondary N) is 2. The van der Waals surface area contributed by atoms with E-state index in [2.05, 4.69) is 15.6 Å². The molecule has 0 aliphatic carbocycles. The quantitative estimate of drug-likeness (QED) is 0.190. The van der Waals surface area contributed by atoms with Gasteiger partial charge in [-0.1, -0.05) is 71.4 Å². The fourth-order valence-electron chi connectivity index (χ4n) is 6.38. The average molecular weight is 686 g/mol. The molecule has 0 bridgehead atoms. The Morgan fingerprint density at radius 2 is 1.75 bits per heavy atom. The molecule has 1 aliphatic rings. The number of aliphatic hydroxyl groups is 1. The largest absolute Gasteiger partial charge is 0.481 e. The van der Waals surface area contributed by atoms with Crippen LogP contribution in [0.5, 0.6) is 0 Å². The molecular weight excluding hydrogens is 630 g/mol. The van der Waals surface area contributed by atoms with Crippen LogP contribution in [-0.2, 0) is 20.8 Å². The maximum Gasteiger partial charge on any atom is 0.306 e. The molecule has 2 aromatic rings. The van der Waals surface area contributed by atoms with Crippen LogP contribution in [0, 0.1) is 17.8 Å². The molecule has 12 heteroatoms. The second-order valence-corrected chi connectivity index (χ2v) is 14.9. The van der Waals surface area contributed by atoms with Crippen LogP contribution in [0.25, 0.3) is 0 Å². The van der Waals surface area contributed by atoms with E-state index >= 15 is 0 Å². The van der Waals surface area contributed by atoms with Crippen LogP contribution in [0.15, 0.2) is 35.7 Å². The number of aliphatic carboxylic acids is 1. The molecule has 3 amide bonds. The number of nitrogens with zero attached hydrogens (tertiary/aromatic N) is 3. The number of hydrogen-bond acceptors (Lipinski definition) is 8. The van der Waals surface area contributed by atoms with Crippen LogP contribution in [0.1, 0.15) is 101 Å². The molecule has 1 unspecified atom stereocenters. The third kappa shape index (κ3) is 9.85. The standard InChI is InChI=1S/C36H55N5O6S/c1-9-23(4)30(39-35(47)36(6)16-13-17-40(36)7)33(44)41(8)28(22(2)3)20-29(42)32-38-27(21-48-32)31(43)37-26(18-24(5)34(45)46)19-25-14-11-10-12-15-25/h10-12,14-15,21-24,26,28-30,42H,9,13,16-20H2,1-8H3,(H,37,43)(H,39,47)(H,45,46)/t23?,24-,26+,28+,29+,30-,36+/m0/s1. The van der Waals surface area contributed by atoms with E-state index in [1.165, 1.54) is 11.3 Å².